The number of amides is 1. The third-order valence-corrected chi connectivity index (χ3v) is 6.49. The van der Waals surface area contributed by atoms with Crippen LogP contribution in [0.2, 0.25) is 0 Å². The van der Waals surface area contributed by atoms with Gasteiger partial charge >= 0.3 is 5.63 Å². The van der Waals surface area contributed by atoms with Gasteiger partial charge in [0.05, 0.1) is 21.3 Å². The Morgan fingerprint density at radius 3 is 2.03 bits per heavy atom. The van der Waals surface area contributed by atoms with E-state index in [0.717, 1.165) is 38.8 Å². The number of ether oxygens (including phenoxy) is 3. The molecule has 35 heavy (non-hydrogen) atoms. The van der Waals surface area contributed by atoms with Crippen LogP contribution in [-0.4, -0.2) is 27.2 Å². The Balaban J connectivity index is 1.62. The Labute approximate surface area is 202 Å². The molecular formula is C27H29NO7. The minimum atomic E-state index is -0.446. The molecule has 0 saturated carbocycles. The van der Waals surface area contributed by atoms with E-state index in [9.17, 15) is 9.59 Å². The molecule has 0 saturated heterocycles. The predicted molar refractivity (Wildman–Crippen MR) is 134 cm³/mol. The lowest BCUT2D eigenvalue weighted by molar-refractivity contribution is -0.116. The van der Waals surface area contributed by atoms with Gasteiger partial charge in [0.2, 0.25) is 11.7 Å². The van der Waals surface area contributed by atoms with E-state index in [1.54, 1.807) is 12.1 Å². The van der Waals surface area contributed by atoms with Crippen molar-refractivity contribution in [2.24, 2.45) is 0 Å². The number of hydrogen-bond acceptors (Lipinski definition) is 7. The summed E-state index contributed by atoms with van der Waals surface area (Å²) < 4.78 is 27.6. The van der Waals surface area contributed by atoms with E-state index in [4.69, 9.17) is 23.0 Å². The number of methoxy groups -OCH3 is 3. The van der Waals surface area contributed by atoms with Crippen LogP contribution in [0.1, 0.15) is 34.4 Å². The highest BCUT2D eigenvalue weighted by atomic mass is 16.5. The van der Waals surface area contributed by atoms with Crippen molar-refractivity contribution in [1.82, 2.24) is 0 Å². The molecule has 0 bridgehead atoms. The maximum atomic E-state index is 12.8. The number of benzene rings is 2. The van der Waals surface area contributed by atoms with Crippen molar-refractivity contribution in [2.45, 2.75) is 40.5 Å². The second-order valence-electron chi connectivity index (χ2n) is 8.49. The predicted octanol–water partition coefficient (Wildman–Crippen LogP) is 5.37. The smallest absolute Gasteiger partial charge is 0.339 e. The zero-order chi connectivity index (χ0) is 25.4. The molecule has 4 rings (SSSR count). The van der Waals surface area contributed by atoms with Crippen molar-refractivity contribution < 1.29 is 27.8 Å². The van der Waals surface area contributed by atoms with E-state index in [0.29, 0.717) is 34.1 Å². The van der Waals surface area contributed by atoms with Crippen LogP contribution in [-0.2, 0) is 11.2 Å². The van der Waals surface area contributed by atoms with Gasteiger partial charge in [-0.3, -0.25) is 4.79 Å². The molecule has 1 N–H and O–H groups in total. The zero-order valence-electron chi connectivity index (χ0n) is 21.0. The average molecular weight is 480 g/mol. The Hall–Kier alpha value is -3.94. The van der Waals surface area contributed by atoms with Crippen molar-refractivity contribution in [1.29, 1.82) is 0 Å². The fourth-order valence-corrected chi connectivity index (χ4v) is 4.40. The summed E-state index contributed by atoms with van der Waals surface area (Å²) in [6.45, 7) is 7.70. The highest BCUT2D eigenvalue weighted by Gasteiger charge is 2.20. The van der Waals surface area contributed by atoms with E-state index in [1.165, 1.54) is 21.3 Å². The van der Waals surface area contributed by atoms with Crippen LogP contribution >= 0.6 is 0 Å². The average Bonchev–Trinajstić information content (AvgIpc) is 3.13. The summed E-state index contributed by atoms with van der Waals surface area (Å²) in [5, 5.41) is 4.67. The first kappa shape index (κ1) is 24.2. The maximum Gasteiger partial charge on any atom is 0.339 e. The number of furan rings is 1. The third-order valence-electron chi connectivity index (χ3n) is 6.49. The molecule has 184 valence electrons. The van der Waals surface area contributed by atoms with Gasteiger partial charge in [0.1, 0.15) is 16.9 Å². The van der Waals surface area contributed by atoms with Crippen LogP contribution in [0, 0.1) is 27.7 Å². The summed E-state index contributed by atoms with van der Waals surface area (Å²) in [4.78, 5) is 25.6. The normalized spacial score (nSPS) is 11.2. The van der Waals surface area contributed by atoms with Crippen molar-refractivity contribution in [3.8, 4) is 17.2 Å². The van der Waals surface area contributed by atoms with Gasteiger partial charge in [-0.25, -0.2) is 4.79 Å². The molecule has 0 aliphatic carbocycles. The van der Waals surface area contributed by atoms with Crippen molar-refractivity contribution >= 4 is 33.5 Å². The van der Waals surface area contributed by atoms with Gasteiger partial charge in [-0.2, -0.15) is 0 Å². The molecule has 0 aliphatic heterocycles. The number of carbonyl (C=O) groups excluding carboxylic acids is 1. The molecule has 0 atom stereocenters. The zero-order valence-corrected chi connectivity index (χ0v) is 21.0. The maximum absolute atomic E-state index is 12.8. The summed E-state index contributed by atoms with van der Waals surface area (Å²) >= 11 is 0. The van der Waals surface area contributed by atoms with E-state index in [2.05, 4.69) is 5.32 Å². The van der Waals surface area contributed by atoms with Gasteiger partial charge in [-0.05, 0) is 51.3 Å². The SMILES string of the molecule is COc1cc(NC(=O)CCc2c(C)c3cc4c(C)c(C)oc4c(C)c3oc2=O)cc(OC)c1OC. The molecule has 8 nitrogen and oxygen atoms in total. The largest absolute Gasteiger partial charge is 0.493 e. The van der Waals surface area contributed by atoms with Gasteiger partial charge in [0, 0.05) is 46.1 Å². The Morgan fingerprint density at radius 2 is 1.43 bits per heavy atom. The number of rotatable bonds is 7. The first-order chi connectivity index (χ1) is 16.7. The van der Waals surface area contributed by atoms with Crippen LogP contribution in [0.25, 0.3) is 21.9 Å². The third kappa shape index (κ3) is 4.20. The highest BCUT2D eigenvalue weighted by Crippen LogP contribution is 2.40. The van der Waals surface area contributed by atoms with Gasteiger partial charge in [-0.1, -0.05) is 0 Å². The molecule has 2 aromatic carbocycles. The van der Waals surface area contributed by atoms with Gasteiger partial charge in [0.25, 0.3) is 0 Å². The lowest BCUT2D eigenvalue weighted by Crippen LogP contribution is -2.17. The van der Waals surface area contributed by atoms with Crippen molar-refractivity contribution in [2.75, 3.05) is 26.6 Å². The van der Waals surface area contributed by atoms with Crippen LogP contribution in [0.4, 0.5) is 5.69 Å². The van der Waals surface area contributed by atoms with E-state index in [-0.39, 0.29) is 18.7 Å². The number of anilines is 1. The van der Waals surface area contributed by atoms with Crippen molar-refractivity contribution in [3.63, 3.8) is 0 Å². The van der Waals surface area contributed by atoms with Crippen LogP contribution < -0.4 is 25.2 Å². The molecule has 0 fully saturated rings. The van der Waals surface area contributed by atoms with Crippen LogP contribution in [0.3, 0.4) is 0 Å². The van der Waals surface area contributed by atoms with E-state index < -0.39 is 5.63 Å². The molecular weight excluding hydrogens is 450 g/mol. The first-order valence-electron chi connectivity index (χ1n) is 11.3. The summed E-state index contributed by atoms with van der Waals surface area (Å²) in [6, 6.07) is 5.30. The summed E-state index contributed by atoms with van der Waals surface area (Å²) in [6.07, 6.45) is 0.333. The Kier molecular flexibility index (Phi) is 6.47. The van der Waals surface area contributed by atoms with Crippen LogP contribution in [0.15, 0.2) is 31.8 Å². The van der Waals surface area contributed by atoms with Crippen LogP contribution in [0.5, 0.6) is 17.2 Å². The summed E-state index contributed by atoms with van der Waals surface area (Å²) in [7, 11) is 4.52. The standard InChI is InChI=1S/C27H29NO7/c1-13-16(4)34-24-15(3)25-20(12-19(13)24)14(2)18(27(30)35-25)8-9-23(29)28-17-10-21(31-5)26(33-7)22(11-17)32-6/h10-12H,8-9H2,1-7H3,(H,28,29). The molecule has 2 heterocycles. The Morgan fingerprint density at radius 1 is 0.829 bits per heavy atom. The topological polar surface area (TPSA) is 100 Å². The fraction of sp³-hybridized carbons (Fsp3) is 0.333. The van der Waals surface area contributed by atoms with E-state index >= 15 is 0 Å². The summed E-state index contributed by atoms with van der Waals surface area (Å²) in [5.74, 6) is 1.87. The second-order valence-corrected chi connectivity index (χ2v) is 8.49. The molecule has 2 aromatic heterocycles. The molecule has 0 unspecified atom stereocenters. The molecule has 1 amide bonds. The number of fused-ring (bicyclic) bond motifs is 2. The monoisotopic (exact) mass is 479 g/mol. The summed E-state index contributed by atoms with van der Waals surface area (Å²) in [5.41, 5.74) is 4.43. The lowest BCUT2D eigenvalue weighted by Gasteiger charge is -2.15. The second kappa shape index (κ2) is 9.37. The highest BCUT2D eigenvalue weighted by molar-refractivity contribution is 6.00. The quantitative estimate of drug-likeness (QED) is 0.356. The number of nitrogens with one attached hydrogen (secondary N) is 1. The number of aryl methyl sites for hydroxylation is 4. The number of hydrogen-bond donors (Lipinski definition) is 1. The van der Waals surface area contributed by atoms with Gasteiger partial charge < -0.3 is 28.4 Å². The molecule has 8 heteroatoms. The molecule has 0 radical (unpaired) electrons. The molecule has 0 spiro atoms. The minimum Gasteiger partial charge on any atom is -0.493 e. The lowest BCUT2D eigenvalue weighted by atomic mass is 9.98. The fourth-order valence-electron chi connectivity index (χ4n) is 4.40. The molecule has 0 aliphatic rings. The minimum absolute atomic E-state index is 0.0961. The van der Waals surface area contributed by atoms with E-state index in [1.807, 2.05) is 33.8 Å². The number of carbonyl (C=O) groups is 1. The van der Waals surface area contributed by atoms with Gasteiger partial charge in [-0.15, -0.1) is 0 Å². The molecule has 4 aromatic rings. The first-order valence-corrected chi connectivity index (χ1v) is 11.3. The van der Waals surface area contributed by atoms with Crippen molar-refractivity contribution in [3.05, 3.63) is 56.6 Å². The Bertz CT molecular complexity index is 1490. The van der Waals surface area contributed by atoms with Gasteiger partial charge in [0.15, 0.2) is 11.5 Å².